The van der Waals surface area contributed by atoms with Crippen molar-refractivity contribution < 1.29 is 9.18 Å². The third-order valence-electron chi connectivity index (χ3n) is 4.07. The monoisotopic (exact) mass is 264 g/mol. The SMILES string of the molecule is CC1CC(CN)(C(=O)NC(C)c2ccccc2F)C1. The highest BCUT2D eigenvalue weighted by Gasteiger charge is 2.47. The highest BCUT2D eigenvalue weighted by Crippen LogP contribution is 2.45. The summed E-state index contributed by atoms with van der Waals surface area (Å²) in [6, 6.07) is 6.17. The number of nitrogens with two attached hydrogens (primary N) is 1. The first-order chi connectivity index (χ1) is 8.98. The van der Waals surface area contributed by atoms with E-state index in [1.54, 1.807) is 25.1 Å². The number of hydrogen-bond donors (Lipinski definition) is 2. The minimum atomic E-state index is -0.446. The highest BCUT2D eigenvalue weighted by atomic mass is 19.1. The van der Waals surface area contributed by atoms with Crippen LogP contribution in [0.15, 0.2) is 24.3 Å². The van der Waals surface area contributed by atoms with Gasteiger partial charge in [-0.15, -0.1) is 0 Å². The number of amides is 1. The van der Waals surface area contributed by atoms with Gasteiger partial charge in [0.1, 0.15) is 5.82 Å². The molecular weight excluding hydrogens is 243 g/mol. The van der Waals surface area contributed by atoms with Gasteiger partial charge in [-0.05, 0) is 31.7 Å². The molecular formula is C15H21FN2O. The van der Waals surface area contributed by atoms with Crippen LogP contribution in [0.25, 0.3) is 0 Å². The summed E-state index contributed by atoms with van der Waals surface area (Å²) in [5, 5.41) is 2.89. The number of carbonyl (C=O) groups is 1. The van der Waals surface area contributed by atoms with Gasteiger partial charge in [0.2, 0.25) is 5.91 Å². The fourth-order valence-electron chi connectivity index (χ4n) is 2.97. The average Bonchev–Trinajstić information content (AvgIpc) is 2.34. The zero-order chi connectivity index (χ0) is 14.0. The predicted octanol–water partition coefficient (Wildman–Crippen LogP) is 2.38. The second-order valence-electron chi connectivity index (χ2n) is 5.71. The van der Waals surface area contributed by atoms with E-state index in [2.05, 4.69) is 12.2 Å². The van der Waals surface area contributed by atoms with Gasteiger partial charge in [0.25, 0.3) is 0 Å². The molecule has 1 aliphatic rings. The van der Waals surface area contributed by atoms with Crippen LogP contribution in [0.3, 0.4) is 0 Å². The molecule has 4 heteroatoms. The summed E-state index contributed by atoms with van der Waals surface area (Å²) in [5.74, 6) is 0.195. The van der Waals surface area contributed by atoms with Crippen LogP contribution in [0.4, 0.5) is 4.39 Å². The van der Waals surface area contributed by atoms with Crippen LogP contribution < -0.4 is 11.1 Å². The van der Waals surface area contributed by atoms with Crippen LogP contribution in [0, 0.1) is 17.2 Å². The van der Waals surface area contributed by atoms with Gasteiger partial charge in [0.05, 0.1) is 11.5 Å². The van der Waals surface area contributed by atoms with Gasteiger partial charge in [0, 0.05) is 12.1 Å². The number of nitrogens with one attached hydrogen (secondary N) is 1. The summed E-state index contributed by atoms with van der Waals surface area (Å²) in [7, 11) is 0. The van der Waals surface area contributed by atoms with Gasteiger partial charge < -0.3 is 11.1 Å². The maximum atomic E-state index is 13.7. The van der Waals surface area contributed by atoms with Crippen molar-refractivity contribution in [1.82, 2.24) is 5.32 Å². The molecule has 3 N–H and O–H groups in total. The molecule has 0 bridgehead atoms. The predicted molar refractivity (Wildman–Crippen MR) is 72.8 cm³/mol. The van der Waals surface area contributed by atoms with Crippen molar-refractivity contribution in [2.75, 3.05) is 6.54 Å². The molecule has 0 spiro atoms. The molecule has 1 aliphatic carbocycles. The van der Waals surface area contributed by atoms with Gasteiger partial charge >= 0.3 is 0 Å². The molecule has 1 fully saturated rings. The molecule has 1 aromatic carbocycles. The van der Waals surface area contributed by atoms with Crippen molar-refractivity contribution in [3.05, 3.63) is 35.6 Å². The lowest BCUT2D eigenvalue weighted by atomic mass is 9.62. The van der Waals surface area contributed by atoms with Crippen LogP contribution in [0.5, 0.6) is 0 Å². The molecule has 2 rings (SSSR count). The van der Waals surface area contributed by atoms with Crippen molar-refractivity contribution in [3.8, 4) is 0 Å². The Morgan fingerprint density at radius 2 is 2.16 bits per heavy atom. The fourth-order valence-corrected chi connectivity index (χ4v) is 2.97. The van der Waals surface area contributed by atoms with Crippen molar-refractivity contribution in [1.29, 1.82) is 0 Å². The number of halogens is 1. The second kappa shape index (κ2) is 5.29. The zero-order valence-electron chi connectivity index (χ0n) is 11.4. The first-order valence-electron chi connectivity index (χ1n) is 6.74. The third kappa shape index (κ3) is 2.63. The molecule has 0 saturated heterocycles. The third-order valence-corrected chi connectivity index (χ3v) is 4.07. The van der Waals surface area contributed by atoms with E-state index in [9.17, 15) is 9.18 Å². The summed E-state index contributed by atoms with van der Waals surface area (Å²) in [6.07, 6.45) is 1.64. The molecule has 1 unspecified atom stereocenters. The van der Waals surface area contributed by atoms with E-state index in [0.717, 1.165) is 12.8 Å². The smallest absolute Gasteiger partial charge is 0.227 e. The van der Waals surface area contributed by atoms with E-state index in [0.29, 0.717) is 18.0 Å². The number of hydrogen-bond acceptors (Lipinski definition) is 2. The summed E-state index contributed by atoms with van der Waals surface area (Å²) in [6.45, 7) is 4.26. The number of carbonyl (C=O) groups excluding carboxylic acids is 1. The van der Waals surface area contributed by atoms with Gasteiger partial charge in [-0.1, -0.05) is 25.1 Å². The van der Waals surface area contributed by atoms with Gasteiger partial charge in [-0.3, -0.25) is 4.79 Å². The molecule has 0 aromatic heterocycles. The Morgan fingerprint density at radius 3 is 2.68 bits per heavy atom. The molecule has 1 aromatic rings. The quantitative estimate of drug-likeness (QED) is 0.877. The normalized spacial score (nSPS) is 27.5. The van der Waals surface area contributed by atoms with E-state index in [1.807, 2.05) is 0 Å². The minimum Gasteiger partial charge on any atom is -0.349 e. The van der Waals surface area contributed by atoms with E-state index in [1.165, 1.54) is 6.07 Å². The van der Waals surface area contributed by atoms with E-state index < -0.39 is 5.41 Å². The Hall–Kier alpha value is -1.42. The summed E-state index contributed by atoms with van der Waals surface area (Å²) >= 11 is 0. The summed E-state index contributed by atoms with van der Waals surface area (Å²) in [4.78, 5) is 12.3. The molecule has 1 saturated carbocycles. The number of rotatable bonds is 4. The van der Waals surface area contributed by atoms with Crippen molar-refractivity contribution in [2.24, 2.45) is 17.1 Å². The van der Waals surface area contributed by atoms with Gasteiger partial charge in [-0.2, -0.15) is 0 Å². The first kappa shape index (κ1) is 14.0. The lowest BCUT2D eigenvalue weighted by Crippen LogP contribution is -2.53. The molecule has 104 valence electrons. The van der Waals surface area contributed by atoms with Crippen LogP contribution in [0.1, 0.15) is 38.3 Å². The Bertz CT molecular complexity index is 469. The van der Waals surface area contributed by atoms with Crippen molar-refractivity contribution in [2.45, 2.75) is 32.7 Å². The molecule has 0 heterocycles. The summed E-state index contributed by atoms with van der Waals surface area (Å²) in [5.41, 5.74) is 5.81. The largest absolute Gasteiger partial charge is 0.349 e. The second-order valence-corrected chi connectivity index (χ2v) is 5.71. The van der Waals surface area contributed by atoms with E-state index >= 15 is 0 Å². The Kier molecular flexibility index (Phi) is 3.90. The van der Waals surface area contributed by atoms with Gasteiger partial charge in [0.15, 0.2) is 0 Å². The average molecular weight is 264 g/mol. The lowest BCUT2D eigenvalue weighted by molar-refractivity contribution is -0.138. The van der Waals surface area contributed by atoms with E-state index in [4.69, 9.17) is 5.73 Å². The minimum absolute atomic E-state index is 0.0520. The maximum Gasteiger partial charge on any atom is 0.227 e. The fraction of sp³-hybridized carbons (Fsp3) is 0.533. The van der Waals surface area contributed by atoms with Crippen LogP contribution >= 0.6 is 0 Å². The van der Waals surface area contributed by atoms with Gasteiger partial charge in [-0.25, -0.2) is 4.39 Å². The van der Waals surface area contributed by atoms with Crippen LogP contribution in [0.2, 0.25) is 0 Å². The Morgan fingerprint density at radius 1 is 1.53 bits per heavy atom. The topological polar surface area (TPSA) is 55.1 Å². The molecule has 0 radical (unpaired) electrons. The van der Waals surface area contributed by atoms with E-state index in [-0.39, 0.29) is 17.8 Å². The van der Waals surface area contributed by atoms with Crippen LogP contribution in [-0.4, -0.2) is 12.5 Å². The van der Waals surface area contributed by atoms with Crippen molar-refractivity contribution >= 4 is 5.91 Å². The first-order valence-corrected chi connectivity index (χ1v) is 6.74. The standard InChI is InChI=1S/C15H21FN2O/c1-10-7-15(8-10,9-17)14(19)18-11(2)12-5-3-4-6-13(12)16/h3-6,10-11H,7-9,17H2,1-2H3,(H,18,19). The molecule has 0 aliphatic heterocycles. The lowest BCUT2D eigenvalue weighted by Gasteiger charge is -2.44. The molecule has 1 amide bonds. The maximum absolute atomic E-state index is 13.7. The van der Waals surface area contributed by atoms with Crippen molar-refractivity contribution in [3.63, 3.8) is 0 Å². The Labute approximate surface area is 113 Å². The van der Waals surface area contributed by atoms with Crippen LogP contribution in [-0.2, 0) is 4.79 Å². The Balaban J connectivity index is 2.05. The highest BCUT2D eigenvalue weighted by molar-refractivity contribution is 5.84. The zero-order valence-corrected chi connectivity index (χ0v) is 11.4. The molecule has 19 heavy (non-hydrogen) atoms. The number of benzene rings is 1. The molecule has 1 atom stereocenters. The summed E-state index contributed by atoms with van der Waals surface area (Å²) < 4.78 is 13.7. The molecule has 3 nitrogen and oxygen atoms in total.